The number of rotatable bonds is 6. The quantitative estimate of drug-likeness (QED) is 0.645. The summed E-state index contributed by atoms with van der Waals surface area (Å²) in [6.07, 6.45) is -0.579. The molecule has 3 aromatic rings. The van der Waals surface area contributed by atoms with Crippen molar-refractivity contribution in [2.75, 3.05) is 26.2 Å². The summed E-state index contributed by atoms with van der Waals surface area (Å²) in [5.74, 6) is -0.0773. The molecule has 32 heavy (non-hydrogen) atoms. The number of amides is 2. The highest BCUT2D eigenvalue weighted by atomic mass is 16.5. The Balaban J connectivity index is 1.24. The van der Waals surface area contributed by atoms with Crippen LogP contribution >= 0.6 is 0 Å². The van der Waals surface area contributed by atoms with Gasteiger partial charge in [-0.2, -0.15) is 0 Å². The SMILES string of the molecule is C[C@H](NC(=O)OCc1ccccc1)C(=O)N1CCN(Cc2cccc3ccccc23)CC1. The minimum absolute atomic E-state index is 0.0773. The number of hydrogen-bond acceptors (Lipinski definition) is 4. The average molecular weight is 432 g/mol. The van der Waals surface area contributed by atoms with Crippen molar-refractivity contribution in [2.24, 2.45) is 0 Å². The van der Waals surface area contributed by atoms with Gasteiger partial charge in [-0.15, -0.1) is 0 Å². The van der Waals surface area contributed by atoms with Gasteiger partial charge in [0.05, 0.1) is 0 Å². The molecule has 0 saturated carbocycles. The van der Waals surface area contributed by atoms with E-state index < -0.39 is 12.1 Å². The van der Waals surface area contributed by atoms with Gasteiger partial charge in [-0.1, -0.05) is 72.8 Å². The third kappa shape index (κ3) is 5.45. The summed E-state index contributed by atoms with van der Waals surface area (Å²) < 4.78 is 5.23. The molecule has 6 heteroatoms. The molecule has 4 rings (SSSR count). The van der Waals surface area contributed by atoms with E-state index in [2.05, 4.69) is 52.7 Å². The highest BCUT2D eigenvalue weighted by molar-refractivity contribution is 5.86. The molecular weight excluding hydrogens is 402 g/mol. The molecule has 0 aliphatic carbocycles. The van der Waals surface area contributed by atoms with E-state index in [9.17, 15) is 9.59 Å². The van der Waals surface area contributed by atoms with Crippen LogP contribution in [0.25, 0.3) is 10.8 Å². The first-order chi connectivity index (χ1) is 15.6. The maximum atomic E-state index is 12.8. The second kappa shape index (κ2) is 10.3. The van der Waals surface area contributed by atoms with E-state index in [1.165, 1.54) is 16.3 Å². The molecule has 0 aromatic heterocycles. The fourth-order valence-electron chi connectivity index (χ4n) is 4.07. The van der Waals surface area contributed by atoms with E-state index in [4.69, 9.17) is 4.74 Å². The Kier molecular flexibility index (Phi) is 7.02. The number of carbonyl (C=O) groups is 2. The minimum Gasteiger partial charge on any atom is -0.445 e. The first-order valence-electron chi connectivity index (χ1n) is 11.0. The Labute approximate surface area is 188 Å². The van der Waals surface area contributed by atoms with E-state index in [0.29, 0.717) is 13.1 Å². The molecule has 0 radical (unpaired) electrons. The van der Waals surface area contributed by atoms with Crippen molar-refractivity contribution in [1.82, 2.24) is 15.1 Å². The Hall–Kier alpha value is -3.38. The summed E-state index contributed by atoms with van der Waals surface area (Å²) in [7, 11) is 0. The molecule has 0 bridgehead atoms. The van der Waals surface area contributed by atoms with Crippen LogP contribution in [0.5, 0.6) is 0 Å². The molecule has 1 atom stereocenters. The van der Waals surface area contributed by atoms with Crippen LogP contribution in [0.1, 0.15) is 18.1 Å². The molecule has 0 spiro atoms. The zero-order valence-corrected chi connectivity index (χ0v) is 18.4. The summed E-state index contributed by atoms with van der Waals surface area (Å²) >= 11 is 0. The van der Waals surface area contributed by atoms with Gasteiger partial charge in [0.2, 0.25) is 5.91 Å². The number of hydrogen-bond donors (Lipinski definition) is 1. The van der Waals surface area contributed by atoms with Gasteiger partial charge in [0, 0.05) is 32.7 Å². The maximum absolute atomic E-state index is 12.8. The van der Waals surface area contributed by atoms with Crippen molar-refractivity contribution in [3.8, 4) is 0 Å². The van der Waals surface area contributed by atoms with Crippen LogP contribution in [-0.4, -0.2) is 54.0 Å². The first-order valence-corrected chi connectivity index (χ1v) is 11.0. The molecule has 1 aliphatic heterocycles. The van der Waals surface area contributed by atoms with E-state index in [-0.39, 0.29) is 12.5 Å². The van der Waals surface area contributed by atoms with Crippen LogP contribution in [0.3, 0.4) is 0 Å². The Morgan fingerprint density at radius 2 is 1.59 bits per heavy atom. The lowest BCUT2D eigenvalue weighted by atomic mass is 10.0. The Morgan fingerprint density at radius 1 is 0.906 bits per heavy atom. The monoisotopic (exact) mass is 431 g/mol. The number of benzene rings is 3. The smallest absolute Gasteiger partial charge is 0.408 e. The molecule has 166 valence electrons. The lowest BCUT2D eigenvalue weighted by molar-refractivity contribution is -0.134. The number of nitrogens with one attached hydrogen (secondary N) is 1. The van der Waals surface area contributed by atoms with Crippen molar-refractivity contribution in [3.05, 3.63) is 83.9 Å². The highest BCUT2D eigenvalue weighted by Gasteiger charge is 2.26. The number of carbonyl (C=O) groups excluding carboxylic acids is 2. The van der Waals surface area contributed by atoms with Gasteiger partial charge in [0.25, 0.3) is 0 Å². The molecular formula is C26H29N3O3. The van der Waals surface area contributed by atoms with E-state index in [0.717, 1.165) is 25.2 Å². The number of piperazine rings is 1. The fourth-order valence-corrected chi connectivity index (χ4v) is 4.07. The number of nitrogens with zero attached hydrogens (tertiary/aromatic N) is 2. The lowest BCUT2D eigenvalue weighted by Gasteiger charge is -2.36. The summed E-state index contributed by atoms with van der Waals surface area (Å²) in [4.78, 5) is 29.0. The van der Waals surface area contributed by atoms with Crippen LogP contribution in [0.15, 0.2) is 72.8 Å². The van der Waals surface area contributed by atoms with Crippen LogP contribution in [-0.2, 0) is 22.7 Å². The minimum atomic E-state index is -0.622. The van der Waals surface area contributed by atoms with Gasteiger partial charge in [-0.05, 0) is 28.8 Å². The van der Waals surface area contributed by atoms with E-state index in [1.54, 1.807) is 6.92 Å². The number of fused-ring (bicyclic) bond motifs is 1. The second-order valence-corrected chi connectivity index (χ2v) is 8.17. The largest absolute Gasteiger partial charge is 0.445 e. The Morgan fingerprint density at radius 3 is 2.38 bits per heavy atom. The molecule has 3 aromatic carbocycles. The van der Waals surface area contributed by atoms with Crippen LogP contribution in [0, 0.1) is 0 Å². The van der Waals surface area contributed by atoms with Crippen LogP contribution in [0.4, 0.5) is 4.79 Å². The fraction of sp³-hybridized carbons (Fsp3) is 0.308. The summed E-state index contributed by atoms with van der Waals surface area (Å²) in [5.41, 5.74) is 2.21. The van der Waals surface area contributed by atoms with E-state index in [1.807, 2.05) is 35.2 Å². The van der Waals surface area contributed by atoms with Crippen LogP contribution in [0.2, 0.25) is 0 Å². The van der Waals surface area contributed by atoms with Gasteiger partial charge >= 0.3 is 6.09 Å². The van der Waals surface area contributed by atoms with Crippen molar-refractivity contribution in [2.45, 2.75) is 26.1 Å². The first kappa shape index (κ1) is 21.8. The Bertz CT molecular complexity index is 1060. The molecule has 1 aliphatic rings. The standard InChI is InChI=1S/C26H29N3O3/c1-20(27-26(31)32-19-21-8-3-2-4-9-21)25(30)29-16-14-28(15-17-29)18-23-12-7-11-22-10-5-6-13-24(22)23/h2-13,20H,14-19H2,1H3,(H,27,31)/t20-/m0/s1. The van der Waals surface area contributed by atoms with Crippen molar-refractivity contribution < 1.29 is 14.3 Å². The highest BCUT2D eigenvalue weighted by Crippen LogP contribution is 2.20. The molecule has 0 unspecified atom stereocenters. The molecule has 2 amide bonds. The molecule has 1 fully saturated rings. The van der Waals surface area contributed by atoms with Crippen LogP contribution < -0.4 is 5.32 Å². The van der Waals surface area contributed by atoms with E-state index >= 15 is 0 Å². The lowest BCUT2D eigenvalue weighted by Crippen LogP contribution is -2.54. The normalized spacial score (nSPS) is 15.3. The van der Waals surface area contributed by atoms with Crippen molar-refractivity contribution in [3.63, 3.8) is 0 Å². The number of ether oxygens (including phenoxy) is 1. The average Bonchev–Trinajstić information content (AvgIpc) is 2.83. The molecule has 1 saturated heterocycles. The van der Waals surface area contributed by atoms with Crippen molar-refractivity contribution in [1.29, 1.82) is 0 Å². The number of alkyl carbamates (subject to hydrolysis) is 1. The third-order valence-electron chi connectivity index (χ3n) is 5.88. The van der Waals surface area contributed by atoms with Gasteiger partial charge in [0.15, 0.2) is 0 Å². The summed E-state index contributed by atoms with van der Waals surface area (Å²) in [5, 5.41) is 5.18. The second-order valence-electron chi connectivity index (χ2n) is 8.17. The molecule has 1 heterocycles. The predicted molar refractivity (Wildman–Crippen MR) is 125 cm³/mol. The van der Waals surface area contributed by atoms with Gasteiger partial charge in [-0.3, -0.25) is 9.69 Å². The molecule has 6 nitrogen and oxygen atoms in total. The topological polar surface area (TPSA) is 61.9 Å². The van der Waals surface area contributed by atoms with Gasteiger partial charge in [-0.25, -0.2) is 4.79 Å². The zero-order chi connectivity index (χ0) is 22.3. The predicted octanol–water partition coefficient (Wildman–Crippen LogP) is 3.80. The van der Waals surface area contributed by atoms with Gasteiger partial charge < -0.3 is 15.0 Å². The van der Waals surface area contributed by atoms with Crippen molar-refractivity contribution >= 4 is 22.8 Å². The summed E-state index contributed by atoms with van der Waals surface area (Å²) in [6.45, 7) is 5.65. The zero-order valence-electron chi connectivity index (χ0n) is 18.4. The summed E-state index contributed by atoms with van der Waals surface area (Å²) in [6, 6.07) is 23.7. The molecule has 1 N–H and O–H groups in total. The maximum Gasteiger partial charge on any atom is 0.408 e. The third-order valence-corrected chi connectivity index (χ3v) is 5.88. The van der Waals surface area contributed by atoms with Gasteiger partial charge in [0.1, 0.15) is 12.6 Å².